The van der Waals surface area contributed by atoms with Crippen molar-refractivity contribution in [3.8, 4) is 28.7 Å². The van der Waals surface area contributed by atoms with E-state index in [0.29, 0.717) is 28.7 Å². The van der Waals surface area contributed by atoms with Crippen molar-refractivity contribution in [3.63, 3.8) is 0 Å². The molecule has 0 N–H and O–H groups in total. The number of ether oxygens (including phenoxy) is 6. The van der Waals surface area contributed by atoms with Gasteiger partial charge in [-0.05, 0) is 35.9 Å². The van der Waals surface area contributed by atoms with Crippen molar-refractivity contribution >= 4 is 18.1 Å². The lowest BCUT2D eigenvalue weighted by Crippen LogP contribution is -2.00. The van der Waals surface area contributed by atoms with Gasteiger partial charge in [-0.25, -0.2) is 4.79 Å². The highest BCUT2D eigenvalue weighted by Gasteiger charge is 2.10. The molecule has 0 spiro atoms. The quantitative estimate of drug-likeness (QED) is 0.430. The smallest absolute Gasteiger partial charge is 0.331 e. The molecule has 0 unspecified atom stereocenters. The standard InChI is InChI=1S/C23H26O7/c1-25-18-10-8-16(13-20(18)27-3)9-11-23(24)30-12-6-7-17-14-21(28-4)22(29-5)15-19(17)26-2/h6-11,13-15H,12H2,1-5H3/b7-6+,11-9+. The average molecular weight is 414 g/mol. The second-order valence-corrected chi connectivity index (χ2v) is 5.93. The van der Waals surface area contributed by atoms with Crippen molar-refractivity contribution in [2.24, 2.45) is 0 Å². The van der Waals surface area contributed by atoms with Crippen LogP contribution in [0.2, 0.25) is 0 Å². The van der Waals surface area contributed by atoms with Gasteiger partial charge in [-0.15, -0.1) is 0 Å². The Balaban J connectivity index is 1.97. The second-order valence-electron chi connectivity index (χ2n) is 5.93. The molecule has 2 aromatic rings. The molecule has 0 aliphatic carbocycles. The SMILES string of the molecule is COc1cc(OC)c(OC)cc1/C=C/COC(=O)/C=C/c1ccc(OC)c(OC)c1. The fraction of sp³-hybridized carbons (Fsp3) is 0.261. The Morgan fingerprint density at radius 1 is 0.733 bits per heavy atom. The van der Waals surface area contributed by atoms with Crippen molar-refractivity contribution in [3.05, 3.63) is 53.6 Å². The third kappa shape index (κ3) is 5.94. The van der Waals surface area contributed by atoms with Gasteiger partial charge in [0.25, 0.3) is 0 Å². The number of hydrogen-bond donors (Lipinski definition) is 0. The molecule has 0 aliphatic heterocycles. The van der Waals surface area contributed by atoms with Crippen molar-refractivity contribution in [2.75, 3.05) is 42.2 Å². The molecule has 2 rings (SSSR count). The normalized spacial score (nSPS) is 10.8. The molecule has 160 valence electrons. The Labute approximate surface area is 176 Å². The molecule has 2 aromatic carbocycles. The van der Waals surface area contributed by atoms with Crippen LogP contribution in [0.1, 0.15) is 11.1 Å². The molecular formula is C23H26O7. The fourth-order valence-corrected chi connectivity index (χ4v) is 2.66. The topological polar surface area (TPSA) is 72.5 Å². The second kappa shape index (κ2) is 11.4. The van der Waals surface area contributed by atoms with Crippen LogP contribution >= 0.6 is 0 Å². The Morgan fingerprint density at radius 3 is 1.97 bits per heavy atom. The third-order valence-electron chi connectivity index (χ3n) is 4.17. The first-order chi connectivity index (χ1) is 14.6. The van der Waals surface area contributed by atoms with E-state index >= 15 is 0 Å². The lowest BCUT2D eigenvalue weighted by molar-refractivity contribution is -0.136. The summed E-state index contributed by atoms with van der Waals surface area (Å²) in [5.74, 6) is 2.50. The number of rotatable bonds is 10. The lowest BCUT2D eigenvalue weighted by atomic mass is 10.1. The summed E-state index contributed by atoms with van der Waals surface area (Å²) in [6, 6.07) is 8.87. The highest BCUT2D eigenvalue weighted by molar-refractivity contribution is 5.87. The van der Waals surface area contributed by atoms with E-state index in [1.54, 1.807) is 78.0 Å². The molecule has 0 heterocycles. The lowest BCUT2D eigenvalue weighted by Gasteiger charge is -2.12. The summed E-state index contributed by atoms with van der Waals surface area (Å²) in [5.41, 5.74) is 1.56. The zero-order chi connectivity index (χ0) is 21.9. The first-order valence-electron chi connectivity index (χ1n) is 9.09. The molecular weight excluding hydrogens is 388 g/mol. The van der Waals surface area contributed by atoms with Crippen LogP contribution in [0.15, 0.2) is 42.5 Å². The van der Waals surface area contributed by atoms with Gasteiger partial charge in [0.15, 0.2) is 23.0 Å². The van der Waals surface area contributed by atoms with Gasteiger partial charge >= 0.3 is 5.97 Å². The number of carbonyl (C=O) groups excluding carboxylic acids is 1. The Morgan fingerprint density at radius 2 is 1.33 bits per heavy atom. The van der Waals surface area contributed by atoms with E-state index in [9.17, 15) is 4.79 Å². The summed E-state index contributed by atoms with van der Waals surface area (Å²) in [4.78, 5) is 12.0. The van der Waals surface area contributed by atoms with Crippen LogP contribution in [0, 0.1) is 0 Å². The van der Waals surface area contributed by atoms with Crippen LogP contribution < -0.4 is 23.7 Å². The Kier molecular flexibility index (Phi) is 8.62. The Hall–Kier alpha value is -3.61. The summed E-state index contributed by atoms with van der Waals surface area (Å²) >= 11 is 0. The van der Waals surface area contributed by atoms with E-state index in [0.717, 1.165) is 11.1 Å². The molecule has 7 nitrogen and oxygen atoms in total. The van der Waals surface area contributed by atoms with Gasteiger partial charge in [-0.1, -0.05) is 12.1 Å². The molecule has 0 saturated heterocycles. The summed E-state index contributed by atoms with van der Waals surface area (Å²) in [7, 11) is 7.80. The molecule has 0 bridgehead atoms. The highest BCUT2D eigenvalue weighted by Crippen LogP contribution is 2.35. The first-order valence-corrected chi connectivity index (χ1v) is 9.09. The molecule has 0 radical (unpaired) electrons. The van der Waals surface area contributed by atoms with Gasteiger partial charge in [0.1, 0.15) is 12.4 Å². The number of hydrogen-bond acceptors (Lipinski definition) is 7. The van der Waals surface area contributed by atoms with Gasteiger partial charge in [-0.3, -0.25) is 0 Å². The molecule has 0 aromatic heterocycles. The van der Waals surface area contributed by atoms with Gasteiger partial charge in [-0.2, -0.15) is 0 Å². The molecule has 30 heavy (non-hydrogen) atoms. The van der Waals surface area contributed by atoms with Crippen molar-refractivity contribution < 1.29 is 33.2 Å². The predicted molar refractivity (Wildman–Crippen MR) is 115 cm³/mol. The molecule has 0 aliphatic rings. The predicted octanol–water partition coefficient (Wildman–Crippen LogP) is 4.00. The van der Waals surface area contributed by atoms with Crippen molar-refractivity contribution in [1.82, 2.24) is 0 Å². The number of benzene rings is 2. The summed E-state index contributed by atoms with van der Waals surface area (Å²) < 4.78 is 31.6. The van der Waals surface area contributed by atoms with E-state index < -0.39 is 5.97 Å². The summed E-state index contributed by atoms with van der Waals surface area (Å²) in [5, 5.41) is 0. The first kappa shape index (κ1) is 22.7. The number of esters is 1. The summed E-state index contributed by atoms with van der Waals surface area (Å²) in [6.45, 7) is 0.104. The number of methoxy groups -OCH3 is 5. The molecule has 0 amide bonds. The minimum Gasteiger partial charge on any atom is -0.496 e. The zero-order valence-electron chi connectivity index (χ0n) is 17.8. The van der Waals surface area contributed by atoms with Crippen LogP contribution in [-0.2, 0) is 9.53 Å². The molecule has 0 saturated carbocycles. The minimum absolute atomic E-state index is 0.104. The van der Waals surface area contributed by atoms with E-state index in [1.807, 2.05) is 6.07 Å². The summed E-state index contributed by atoms with van der Waals surface area (Å²) in [6.07, 6.45) is 6.50. The average Bonchev–Trinajstić information content (AvgIpc) is 2.79. The van der Waals surface area contributed by atoms with Gasteiger partial charge in [0.2, 0.25) is 0 Å². The van der Waals surface area contributed by atoms with Crippen LogP contribution in [0.5, 0.6) is 28.7 Å². The third-order valence-corrected chi connectivity index (χ3v) is 4.17. The largest absolute Gasteiger partial charge is 0.496 e. The van der Waals surface area contributed by atoms with Gasteiger partial charge in [0, 0.05) is 17.7 Å². The van der Waals surface area contributed by atoms with E-state index in [1.165, 1.54) is 6.08 Å². The minimum atomic E-state index is -0.464. The highest BCUT2D eigenvalue weighted by atomic mass is 16.5. The maximum Gasteiger partial charge on any atom is 0.331 e. The molecule has 7 heteroatoms. The van der Waals surface area contributed by atoms with Crippen LogP contribution in [-0.4, -0.2) is 48.1 Å². The van der Waals surface area contributed by atoms with E-state index in [-0.39, 0.29) is 6.61 Å². The van der Waals surface area contributed by atoms with Gasteiger partial charge in [0.05, 0.1) is 35.5 Å². The molecule has 0 fully saturated rings. The Bertz CT molecular complexity index is 916. The maximum absolute atomic E-state index is 12.0. The molecule has 0 atom stereocenters. The maximum atomic E-state index is 12.0. The van der Waals surface area contributed by atoms with Crippen molar-refractivity contribution in [1.29, 1.82) is 0 Å². The monoisotopic (exact) mass is 414 g/mol. The van der Waals surface area contributed by atoms with E-state index in [4.69, 9.17) is 28.4 Å². The van der Waals surface area contributed by atoms with E-state index in [2.05, 4.69) is 0 Å². The number of carbonyl (C=O) groups is 1. The zero-order valence-corrected chi connectivity index (χ0v) is 17.8. The van der Waals surface area contributed by atoms with Gasteiger partial charge < -0.3 is 28.4 Å². The van der Waals surface area contributed by atoms with Crippen molar-refractivity contribution in [2.45, 2.75) is 0 Å². The van der Waals surface area contributed by atoms with Crippen LogP contribution in [0.3, 0.4) is 0 Å². The van der Waals surface area contributed by atoms with Crippen LogP contribution in [0.25, 0.3) is 12.2 Å². The fourth-order valence-electron chi connectivity index (χ4n) is 2.66. The van der Waals surface area contributed by atoms with Crippen LogP contribution in [0.4, 0.5) is 0 Å².